The van der Waals surface area contributed by atoms with Crippen molar-refractivity contribution >= 4 is 29.3 Å². The number of carbonyl (C=O) groups excluding carboxylic acids is 2. The van der Waals surface area contributed by atoms with Crippen LogP contribution < -0.4 is 20.7 Å². The number of hydrogen-bond donors (Lipinski definition) is 2. The van der Waals surface area contributed by atoms with Crippen molar-refractivity contribution in [3.8, 4) is 5.75 Å². The molecule has 0 unspecified atom stereocenters. The monoisotopic (exact) mass is 508 g/mol. The zero-order valence-electron chi connectivity index (χ0n) is 21.2. The van der Waals surface area contributed by atoms with Gasteiger partial charge in [0, 0.05) is 32.9 Å². The number of rotatable bonds is 10. The molecule has 2 amide bonds. The van der Waals surface area contributed by atoms with Gasteiger partial charge in [-0.15, -0.1) is 0 Å². The molecule has 196 valence electrons. The molecule has 12 heteroatoms. The number of aromatic nitrogens is 4. The Hall–Kier alpha value is -4.19. The van der Waals surface area contributed by atoms with Crippen molar-refractivity contribution in [2.75, 3.05) is 49.8 Å². The molecule has 2 aromatic heterocycles. The van der Waals surface area contributed by atoms with Gasteiger partial charge in [-0.3, -0.25) is 14.3 Å². The highest BCUT2D eigenvalue weighted by Gasteiger charge is 2.34. The summed E-state index contributed by atoms with van der Waals surface area (Å²) in [7, 11) is 3.59. The van der Waals surface area contributed by atoms with Crippen LogP contribution in [-0.2, 0) is 20.9 Å². The van der Waals surface area contributed by atoms with Crippen molar-refractivity contribution in [1.29, 1.82) is 0 Å². The second-order valence-corrected chi connectivity index (χ2v) is 8.99. The van der Waals surface area contributed by atoms with E-state index in [0.717, 1.165) is 11.3 Å². The SMILES string of the molecule is Cc1ccc(OCCN(C)C(=O)Cn2cc(NC(=O)[C@@H]3C[C@@H](N(C)c4ccnc(N)n4)CO3)cn2)cc1. The average Bonchev–Trinajstić information content (AvgIpc) is 3.55. The van der Waals surface area contributed by atoms with Crippen LogP contribution >= 0.6 is 0 Å². The number of nitrogens with zero attached hydrogens (tertiary/aromatic N) is 6. The number of nitrogens with two attached hydrogens (primary N) is 1. The van der Waals surface area contributed by atoms with E-state index in [4.69, 9.17) is 15.2 Å². The van der Waals surface area contributed by atoms with Crippen molar-refractivity contribution < 1.29 is 19.1 Å². The molecule has 3 heterocycles. The van der Waals surface area contributed by atoms with E-state index in [1.807, 2.05) is 43.1 Å². The van der Waals surface area contributed by atoms with Gasteiger partial charge in [-0.25, -0.2) is 4.98 Å². The van der Waals surface area contributed by atoms with Crippen molar-refractivity contribution in [2.24, 2.45) is 0 Å². The van der Waals surface area contributed by atoms with Gasteiger partial charge in [0.15, 0.2) is 0 Å². The van der Waals surface area contributed by atoms with Crippen LogP contribution in [0, 0.1) is 6.92 Å². The predicted molar refractivity (Wildman–Crippen MR) is 138 cm³/mol. The summed E-state index contributed by atoms with van der Waals surface area (Å²) in [4.78, 5) is 36.9. The minimum Gasteiger partial charge on any atom is -0.492 e. The number of aryl methyl sites for hydroxylation is 1. The number of likely N-dealkylation sites (N-methyl/N-ethyl adjacent to an activating group) is 2. The quantitative estimate of drug-likeness (QED) is 0.415. The lowest BCUT2D eigenvalue weighted by molar-refractivity contribution is -0.131. The molecular weight excluding hydrogens is 476 g/mol. The Morgan fingerprint density at radius 3 is 2.78 bits per heavy atom. The van der Waals surface area contributed by atoms with E-state index in [1.54, 1.807) is 30.4 Å². The maximum atomic E-state index is 12.7. The van der Waals surface area contributed by atoms with Crippen LogP contribution in [-0.4, -0.2) is 82.5 Å². The lowest BCUT2D eigenvalue weighted by Gasteiger charge is -2.24. The number of amides is 2. The van der Waals surface area contributed by atoms with E-state index < -0.39 is 6.10 Å². The minimum atomic E-state index is -0.615. The molecule has 0 spiro atoms. The van der Waals surface area contributed by atoms with Crippen molar-refractivity contribution in [3.05, 3.63) is 54.5 Å². The van der Waals surface area contributed by atoms with Crippen molar-refractivity contribution in [1.82, 2.24) is 24.6 Å². The Morgan fingerprint density at radius 2 is 2.03 bits per heavy atom. The first kappa shape index (κ1) is 25.9. The van der Waals surface area contributed by atoms with E-state index in [2.05, 4.69) is 20.4 Å². The van der Waals surface area contributed by atoms with E-state index in [0.29, 0.717) is 37.7 Å². The van der Waals surface area contributed by atoms with Gasteiger partial charge in [0.2, 0.25) is 11.9 Å². The molecule has 0 saturated carbocycles. The van der Waals surface area contributed by atoms with Gasteiger partial charge in [-0.05, 0) is 25.1 Å². The number of anilines is 3. The zero-order valence-corrected chi connectivity index (χ0v) is 21.2. The van der Waals surface area contributed by atoms with Gasteiger partial charge in [-0.2, -0.15) is 10.1 Å². The third-order valence-corrected chi connectivity index (χ3v) is 6.18. The van der Waals surface area contributed by atoms with Gasteiger partial charge < -0.3 is 30.3 Å². The second-order valence-electron chi connectivity index (χ2n) is 8.99. The minimum absolute atomic E-state index is 0.0316. The summed E-state index contributed by atoms with van der Waals surface area (Å²) in [6.45, 7) is 3.26. The zero-order chi connectivity index (χ0) is 26.4. The van der Waals surface area contributed by atoms with E-state index in [-0.39, 0.29) is 30.3 Å². The Morgan fingerprint density at radius 1 is 1.24 bits per heavy atom. The summed E-state index contributed by atoms with van der Waals surface area (Å²) in [6.07, 6.45) is 4.60. The van der Waals surface area contributed by atoms with E-state index in [1.165, 1.54) is 10.9 Å². The van der Waals surface area contributed by atoms with Crippen LogP contribution in [0.15, 0.2) is 48.9 Å². The highest BCUT2D eigenvalue weighted by molar-refractivity contribution is 5.94. The summed E-state index contributed by atoms with van der Waals surface area (Å²) in [5, 5.41) is 7.01. The molecule has 1 aromatic carbocycles. The molecule has 0 bridgehead atoms. The maximum absolute atomic E-state index is 12.7. The molecule has 4 rings (SSSR count). The largest absolute Gasteiger partial charge is 0.492 e. The predicted octanol–water partition coefficient (Wildman–Crippen LogP) is 1.33. The number of nitrogens with one attached hydrogen (secondary N) is 1. The Labute approximate surface area is 215 Å². The number of ether oxygens (including phenoxy) is 2. The van der Waals surface area contributed by atoms with Crippen LogP contribution in [0.2, 0.25) is 0 Å². The Kier molecular flexibility index (Phi) is 8.18. The Balaban J connectivity index is 1.21. The van der Waals surface area contributed by atoms with Crippen LogP contribution in [0.4, 0.5) is 17.5 Å². The summed E-state index contributed by atoms with van der Waals surface area (Å²) in [5.74, 6) is 1.23. The van der Waals surface area contributed by atoms with Crippen LogP contribution in [0.25, 0.3) is 0 Å². The molecule has 3 N–H and O–H groups in total. The third kappa shape index (κ3) is 6.94. The molecule has 2 atom stereocenters. The average molecular weight is 509 g/mol. The normalized spacial score (nSPS) is 16.8. The topological polar surface area (TPSA) is 141 Å². The molecule has 1 fully saturated rings. The van der Waals surface area contributed by atoms with Crippen molar-refractivity contribution in [2.45, 2.75) is 32.0 Å². The summed E-state index contributed by atoms with van der Waals surface area (Å²) in [5.41, 5.74) is 7.32. The van der Waals surface area contributed by atoms with Crippen LogP contribution in [0.3, 0.4) is 0 Å². The standard InChI is InChI=1S/C25H32N8O4/c1-17-4-6-20(7-5-17)36-11-10-31(2)23(34)15-33-14-18(13-28-33)29-24(35)21-12-19(16-37-21)32(3)22-8-9-27-25(26)30-22/h4-9,13-14,19,21H,10-12,15-16H2,1-3H3,(H,29,35)(H2,26,27,30)/t19-,21+/m1/s1. The molecule has 37 heavy (non-hydrogen) atoms. The molecule has 1 saturated heterocycles. The second kappa shape index (κ2) is 11.7. The summed E-state index contributed by atoms with van der Waals surface area (Å²) in [6, 6.07) is 9.49. The van der Waals surface area contributed by atoms with E-state index in [9.17, 15) is 9.59 Å². The number of benzene rings is 1. The summed E-state index contributed by atoms with van der Waals surface area (Å²) >= 11 is 0. The molecule has 1 aliphatic heterocycles. The van der Waals surface area contributed by atoms with E-state index >= 15 is 0 Å². The van der Waals surface area contributed by atoms with Crippen LogP contribution in [0.5, 0.6) is 5.75 Å². The van der Waals surface area contributed by atoms with Gasteiger partial charge in [-0.1, -0.05) is 17.7 Å². The molecule has 1 aliphatic rings. The van der Waals surface area contributed by atoms with Crippen LogP contribution in [0.1, 0.15) is 12.0 Å². The fraction of sp³-hybridized carbons (Fsp3) is 0.400. The van der Waals surface area contributed by atoms with Crippen molar-refractivity contribution in [3.63, 3.8) is 0 Å². The summed E-state index contributed by atoms with van der Waals surface area (Å²) < 4.78 is 12.9. The smallest absolute Gasteiger partial charge is 0.253 e. The van der Waals surface area contributed by atoms with Gasteiger partial charge in [0.1, 0.15) is 30.8 Å². The lowest BCUT2D eigenvalue weighted by Crippen LogP contribution is -2.34. The first-order valence-electron chi connectivity index (χ1n) is 12.0. The van der Waals surface area contributed by atoms with Gasteiger partial charge >= 0.3 is 0 Å². The molecule has 0 radical (unpaired) electrons. The van der Waals surface area contributed by atoms with Gasteiger partial charge in [0.05, 0.1) is 31.1 Å². The Bertz CT molecular complexity index is 1220. The number of hydrogen-bond acceptors (Lipinski definition) is 9. The molecule has 12 nitrogen and oxygen atoms in total. The fourth-order valence-electron chi connectivity index (χ4n) is 3.87. The third-order valence-electron chi connectivity index (χ3n) is 6.18. The first-order chi connectivity index (χ1) is 17.8. The number of carbonyl (C=O) groups is 2. The molecule has 0 aliphatic carbocycles. The van der Waals surface area contributed by atoms with Gasteiger partial charge in [0.25, 0.3) is 5.91 Å². The highest BCUT2D eigenvalue weighted by Crippen LogP contribution is 2.23. The highest BCUT2D eigenvalue weighted by atomic mass is 16.5. The fourth-order valence-corrected chi connectivity index (χ4v) is 3.87. The maximum Gasteiger partial charge on any atom is 0.253 e. The lowest BCUT2D eigenvalue weighted by atomic mass is 10.1. The number of nitrogen functional groups attached to an aromatic ring is 1. The molecule has 3 aromatic rings. The first-order valence-corrected chi connectivity index (χ1v) is 12.0. The molecular formula is C25H32N8O4.